The molecule has 0 amide bonds. The van der Waals surface area contributed by atoms with Crippen molar-refractivity contribution in [2.24, 2.45) is 12.8 Å². The van der Waals surface area contributed by atoms with E-state index in [0.29, 0.717) is 0 Å². The fraction of sp³-hybridized carbons (Fsp3) is 0.467. The van der Waals surface area contributed by atoms with Crippen molar-refractivity contribution in [3.8, 4) is 0 Å². The number of hydrogen-bond acceptors (Lipinski definition) is 3. The topological polar surface area (TPSA) is 56.7 Å². The van der Waals surface area contributed by atoms with Crippen molar-refractivity contribution in [1.82, 2.24) is 14.8 Å². The summed E-state index contributed by atoms with van der Waals surface area (Å²) < 4.78 is 1.82. The predicted molar refractivity (Wildman–Crippen MR) is 74.6 cm³/mol. The summed E-state index contributed by atoms with van der Waals surface area (Å²) >= 11 is 0. The number of aryl methyl sites for hydroxylation is 2. The second-order valence-corrected chi connectivity index (χ2v) is 5.50. The molecule has 1 aliphatic rings. The van der Waals surface area contributed by atoms with Crippen LogP contribution in [0.3, 0.4) is 0 Å². The molecule has 1 aromatic carbocycles. The van der Waals surface area contributed by atoms with Gasteiger partial charge in [-0.2, -0.15) is 5.10 Å². The van der Waals surface area contributed by atoms with E-state index in [4.69, 9.17) is 5.73 Å². The van der Waals surface area contributed by atoms with Crippen LogP contribution in [0.1, 0.15) is 36.2 Å². The van der Waals surface area contributed by atoms with E-state index in [9.17, 15) is 0 Å². The molecule has 19 heavy (non-hydrogen) atoms. The van der Waals surface area contributed by atoms with Gasteiger partial charge in [-0.3, -0.25) is 4.68 Å². The average molecular weight is 256 g/mol. The Morgan fingerprint density at radius 2 is 2.16 bits per heavy atom. The molecule has 1 heterocycles. The van der Waals surface area contributed by atoms with E-state index in [1.54, 1.807) is 6.33 Å². The zero-order valence-corrected chi connectivity index (χ0v) is 11.3. The van der Waals surface area contributed by atoms with Gasteiger partial charge in [0.25, 0.3) is 0 Å². The molecule has 2 aromatic rings. The average Bonchev–Trinajstić information content (AvgIpc) is 2.72. The number of benzene rings is 1. The Labute approximate surface area is 113 Å². The number of fused-ring (bicyclic) bond motifs is 1. The number of rotatable bonds is 2. The van der Waals surface area contributed by atoms with Crippen LogP contribution in [0.5, 0.6) is 0 Å². The second-order valence-electron chi connectivity index (χ2n) is 5.50. The first kappa shape index (κ1) is 12.4. The van der Waals surface area contributed by atoms with Crippen molar-refractivity contribution in [3.05, 3.63) is 47.5 Å². The smallest absolute Gasteiger partial charge is 0.138 e. The maximum Gasteiger partial charge on any atom is 0.138 e. The molecular weight excluding hydrogens is 236 g/mol. The SMILES string of the molecule is Cn1ncnc1CC1(N)CCCCc2ccccc21. The monoisotopic (exact) mass is 256 g/mol. The molecule has 0 aliphatic heterocycles. The van der Waals surface area contributed by atoms with Crippen LogP contribution in [0.4, 0.5) is 0 Å². The first-order valence-corrected chi connectivity index (χ1v) is 6.89. The van der Waals surface area contributed by atoms with Gasteiger partial charge in [0.15, 0.2) is 0 Å². The Morgan fingerprint density at radius 1 is 1.32 bits per heavy atom. The molecule has 1 atom stereocenters. The fourth-order valence-electron chi connectivity index (χ4n) is 3.06. The summed E-state index contributed by atoms with van der Waals surface area (Å²) in [6, 6.07) is 8.57. The maximum absolute atomic E-state index is 6.75. The molecule has 1 unspecified atom stereocenters. The fourth-order valence-corrected chi connectivity index (χ4v) is 3.06. The Balaban J connectivity index is 2.00. The third kappa shape index (κ3) is 2.28. The van der Waals surface area contributed by atoms with Crippen molar-refractivity contribution < 1.29 is 0 Å². The van der Waals surface area contributed by atoms with Gasteiger partial charge in [0.2, 0.25) is 0 Å². The molecule has 3 rings (SSSR count). The van der Waals surface area contributed by atoms with Gasteiger partial charge in [-0.15, -0.1) is 0 Å². The highest BCUT2D eigenvalue weighted by Crippen LogP contribution is 2.34. The third-order valence-corrected chi connectivity index (χ3v) is 4.15. The molecular formula is C15H20N4. The largest absolute Gasteiger partial charge is 0.321 e. The van der Waals surface area contributed by atoms with Crippen LogP contribution in [0.25, 0.3) is 0 Å². The summed E-state index contributed by atoms with van der Waals surface area (Å²) in [6.07, 6.45) is 6.88. The maximum atomic E-state index is 6.75. The van der Waals surface area contributed by atoms with Crippen LogP contribution in [0.2, 0.25) is 0 Å². The highest BCUT2D eigenvalue weighted by Gasteiger charge is 2.32. The first-order chi connectivity index (χ1) is 9.19. The molecule has 0 saturated carbocycles. The number of nitrogens with two attached hydrogens (primary N) is 1. The van der Waals surface area contributed by atoms with Crippen molar-refractivity contribution in [2.45, 2.75) is 37.6 Å². The molecule has 0 fully saturated rings. The van der Waals surface area contributed by atoms with Gasteiger partial charge in [0, 0.05) is 19.0 Å². The molecule has 1 aromatic heterocycles. The van der Waals surface area contributed by atoms with E-state index >= 15 is 0 Å². The van der Waals surface area contributed by atoms with Crippen molar-refractivity contribution in [3.63, 3.8) is 0 Å². The quantitative estimate of drug-likeness (QED) is 0.835. The van der Waals surface area contributed by atoms with E-state index in [0.717, 1.165) is 25.1 Å². The van der Waals surface area contributed by atoms with Crippen LogP contribution in [-0.4, -0.2) is 14.8 Å². The minimum atomic E-state index is -0.312. The molecule has 4 nitrogen and oxygen atoms in total. The summed E-state index contributed by atoms with van der Waals surface area (Å²) in [5, 5.41) is 4.14. The van der Waals surface area contributed by atoms with Crippen LogP contribution in [-0.2, 0) is 25.4 Å². The summed E-state index contributed by atoms with van der Waals surface area (Å²) in [5.74, 6) is 0.958. The van der Waals surface area contributed by atoms with Gasteiger partial charge in [-0.1, -0.05) is 30.7 Å². The molecule has 4 heteroatoms. The highest BCUT2D eigenvalue weighted by atomic mass is 15.3. The minimum Gasteiger partial charge on any atom is -0.321 e. The minimum absolute atomic E-state index is 0.312. The normalized spacial score (nSPS) is 22.8. The van der Waals surface area contributed by atoms with Crippen LogP contribution in [0.15, 0.2) is 30.6 Å². The predicted octanol–water partition coefficient (Wildman–Crippen LogP) is 1.94. The summed E-state index contributed by atoms with van der Waals surface area (Å²) in [6.45, 7) is 0. The van der Waals surface area contributed by atoms with Crippen molar-refractivity contribution in [2.75, 3.05) is 0 Å². The van der Waals surface area contributed by atoms with Crippen molar-refractivity contribution in [1.29, 1.82) is 0 Å². The van der Waals surface area contributed by atoms with Gasteiger partial charge in [-0.05, 0) is 30.4 Å². The summed E-state index contributed by atoms with van der Waals surface area (Å²) in [5.41, 5.74) is 9.12. The second kappa shape index (κ2) is 4.78. The summed E-state index contributed by atoms with van der Waals surface area (Å²) in [7, 11) is 1.92. The molecule has 0 radical (unpaired) electrons. The van der Waals surface area contributed by atoms with Gasteiger partial charge in [-0.25, -0.2) is 4.98 Å². The van der Waals surface area contributed by atoms with E-state index < -0.39 is 0 Å². The van der Waals surface area contributed by atoms with Crippen molar-refractivity contribution >= 4 is 0 Å². The zero-order chi connectivity index (χ0) is 13.3. The number of aromatic nitrogens is 3. The Morgan fingerprint density at radius 3 is 2.95 bits per heavy atom. The highest BCUT2D eigenvalue weighted by molar-refractivity contribution is 5.35. The molecule has 0 spiro atoms. The summed E-state index contributed by atoms with van der Waals surface area (Å²) in [4.78, 5) is 4.33. The van der Waals surface area contributed by atoms with E-state index in [2.05, 4.69) is 34.3 Å². The van der Waals surface area contributed by atoms with Gasteiger partial charge < -0.3 is 5.73 Å². The lowest BCUT2D eigenvalue weighted by Crippen LogP contribution is -2.40. The van der Waals surface area contributed by atoms with Crippen LogP contribution >= 0.6 is 0 Å². The Bertz CT molecular complexity index is 575. The third-order valence-electron chi connectivity index (χ3n) is 4.15. The molecule has 1 aliphatic carbocycles. The van der Waals surface area contributed by atoms with Gasteiger partial charge in [0.1, 0.15) is 12.2 Å². The molecule has 0 saturated heterocycles. The standard InChI is InChI=1S/C15H20N4/c1-19-14(17-11-18-19)10-15(16)9-5-4-7-12-6-2-3-8-13(12)15/h2-3,6,8,11H,4-5,7,9-10,16H2,1H3. The van der Waals surface area contributed by atoms with Crippen LogP contribution < -0.4 is 5.73 Å². The van der Waals surface area contributed by atoms with Gasteiger partial charge in [0.05, 0.1) is 0 Å². The van der Waals surface area contributed by atoms with Crippen LogP contribution in [0, 0.1) is 0 Å². The van der Waals surface area contributed by atoms with E-state index in [-0.39, 0.29) is 5.54 Å². The Hall–Kier alpha value is -1.68. The molecule has 2 N–H and O–H groups in total. The lowest BCUT2D eigenvalue weighted by atomic mass is 9.82. The Kier molecular flexibility index (Phi) is 3.11. The lowest BCUT2D eigenvalue weighted by Gasteiger charge is -2.30. The first-order valence-electron chi connectivity index (χ1n) is 6.89. The number of hydrogen-bond donors (Lipinski definition) is 1. The van der Waals surface area contributed by atoms with E-state index in [1.807, 2.05) is 11.7 Å². The zero-order valence-electron chi connectivity index (χ0n) is 11.3. The number of nitrogens with zero attached hydrogens (tertiary/aromatic N) is 3. The van der Waals surface area contributed by atoms with Gasteiger partial charge >= 0.3 is 0 Å². The van der Waals surface area contributed by atoms with E-state index in [1.165, 1.54) is 24.0 Å². The molecule has 0 bridgehead atoms. The lowest BCUT2D eigenvalue weighted by molar-refractivity contribution is 0.384. The molecule has 100 valence electrons.